The lowest BCUT2D eigenvalue weighted by Crippen LogP contribution is -2.42. The smallest absolute Gasteiger partial charge is 0.326 e. The molecule has 2 aromatic carbocycles. The highest BCUT2D eigenvalue weighted by Gasteiger charge is 2.27. The number of carbonyl (C=O) groups excluding carboxylic acids is 3. The zero-order chi connectivity index (χ0) is 22.7. The van der Waals surface area contributed by atoms with Crippen LogP contribution in [-0.2, 0) is 19.1 Å². The van der Waals surface area contributed by atoms with E-state index in [2.05, 4.69) is 10.4 Å². The molecule has 9 heteroatoms. The first-order chi connectivity index (χ1) is 15.4. The van der Waals surface area contributed by atoms with Crippen LogP contribution in [-0.4, -0.2) is 47.3 Å². The van der Waals surface area contributed by atoms with Gasteiger partial charge < -0.3 is 14.8 Å². The van der Waals surface area contributed by atoms with Crippen molar-refractivity contribution in [2.45, 2.75) is 13.8 Å². The fourth-order valence-corrected chi connectivity index (χ4v) is 3.30. The van der Waals surface area contributed by atoms with E-state index in [1.54, 1.807) is 35.0 Å². The van der Waals surface area contributed by atoms with Crippen LogP contribution < -0.4 is 15.0 Å². The predicted molar refractivity (Wildman–Crippen MR) is 117 cm³/mol. The van der Waals surface area contributed by atoms with Crippen molar-refractivity contribution in [3.8, 4) is 11.4 Å². The van der Waals surface area contributed by atoms with Gasteiger partial charge >= 0.3 is 5.97 Å². The Bertz CT molecular complexity index is 1170. The van der Waals surface area contributed by atoms with Crippen molar-refractivity contribution in [2.24, 2.45) is 0 Å². The van der Waals surface area contributed by atoms with E-state index >= 15 is 0 Å². The summed E-state index contributed by atoms with van der Waals surface area (Å²) in [7, 11) is 0. The molecule has 0 unspecified atom stereocenters. The lowest BCUT2D eigenvalue weighted by molar-refractivity contribution is -0.146. The standard InChI is InChI=1S/C23H22N4O5/c1-15-7-9-17(10-8-15)27-20(11-16(2)25-27)24-21(28)13-32-23(30)12-26-18-5-3-4-6-19(18)31-14-22(26)29/h3-11H,12-14H2,1-2H3,(H,24,28). The molecule has 2 heterocycles. The Morgan fingerprint density at radius 2 is 1.88 bits per heavy atom. The number of aryl methyl sites for hydroxylation is 2. The number of amides is 2. The summed E-state index contributed by atoms with van der Waals surface area (Å²) in [6.07, 6.45) is 0. The summed E-state index contributed by atoms with van der Waals surface area (Å²) in [5.74, 6) is -0.599. The fourth-order valence-electron chi connectivity index (χ4n) is 3.30. The fraction of sp³-hybridized carbons (Fsp3) is 0.217. The first-order valence-electron chi connectivity index (χ1n) is 10.0. The maximum atomic E-state index is 12.4. The second kappa shape index (κ2) is 8.93. The highest BCUT2D eigenvalue weighted by Crippen LogP contribution is 2.31. The van der Waals surface area contributed by atoms with Gasteiger partial charge in [0.2, 0.25) is 0 Å². The van der Waals surface area contributed by atoms with Crippen LogP contribution in [0.1, 0.15) is 11.3 Å². The van der Waals surface area contributed by atoms with Gasteiger partial charge in [-0.05, 0) is 38.1 Å². The normalized spacial score (nSPS) is 12.7. The molecule has 1 N–H and O–H groups in total. The third-order valence-corrected chi connectivity index (χ3v) is 4.84. The van der Waals surface area contributed by atoms with Crippen molar-refractivity contribution in [3.05, 3.63) is 65.9 Å². The number of nitrogens with one attached hydrogen (secondary N) is 1. The summed E-state index contributed by atoms with van der Waals surface area (Å²) < 4.78 is 12.1. The lowest BCUT2D eigenvalue weighted by Gasteiger charge is -2.28. The highest BCUT2D eigenvalue weighted by molar-refractivity contribution is 6.01. The molecule has 1 aliphatic heterocycles. The third kappa shape index (κ3) is 4.61. The third-order valence-electron chi connectivity index (χ3n) is 4.84. The Morgan fingerprint density at radius 3 is 2.66 bits per heavy atom. The van der Waals surface area contributed by atoms with Crippen molar-refractivity contribution in [3.63, 3.8) is 0 Å². The zero-order valence-electron chi connectivity index (χ0n) is 17.7. The predicted octanol–water partition coefficient (Wildman–Crippen LogP) is 2.40. The van der Waals surface area contributed by atoms with Crippen LogP contribution in [0.3, 0.4) is 0 Å². The van der Waals surface area contributed by atoms with Gasteiger partial charge in [0.25, 0.3) is 11.8 Å². The largest absolute Gasteiger partial charge is 0.482 e. The molecule has 1 aliphatic rings. The number of fused-ring (bicyclic) bond motifs is 1. The molecule has 164 valence electrons. The highest BCUT2D eigenvalue weighted by atomic mass is 16.5. The van der Waals surface area contributed by atoms with E-state index in [4.69, 9.17) is 9.47 Å². The van der Waals surface area contributed by atoms with Crippen molar-refractivity contribution < 1.29 is 23.9 Å². The molecule has 9 nitrogen and oxygen atoms in total. The van der Waals surface area contributed by atoms with E-state index < -0.39 is 18.5 Å². The molecular formula is C23H22N4O5. The Morgan fingerprint density at radius 1 is 1.12 bits per heavy atom. The van der Waals surface area contributed by atoms with Gasteiger partial charge in [0, 0.05) is 6.07 Å². The number of aromatic nitrogens is 2. The Labute approximate surface area is 184 Å². The molecule has 0 saturated heterocycles. The summed E-state index contributed by atoms with van der Waals surface area (Å²) in [4.78, 5) is 38.1. The molecule has 2 amide bonds. The number of anilines is 2. The molecular weight excluding hydrogens is 412 g/mol. The quantitative estimate of drug-likeness (QED) is 0.598. The Balaban J connectivity index is 1.36. The molecule has 0 saturated carbocycles. The number of hydrogen-bond acceptors (Lipinski definition) is 6. The van der Waals surface area contributed by atoms with E-state index in [0.717, 1.165) is 16.9 Å². The van der Waals surface area contributed by atoms with Crippen molar-refractivity contribution in [1.29, 1.82) is 0 Å². The minimum atomic E-state index is -0.701. The minimum Gasteiger partial charge on any atom is -0.482 e. The van der Waals surface area contributed by atoms with Crippen molar-refractivity contribution >= 4 is 29.3 Å². The van der Waals surface area contributed by atoms with Gasteiger partial charge in [0.15, 0.2) is 13.2 Å². The van der Waals surface area contributed by atoms with Crippen LogP contribution in [0.2, 0.25) is 0 Å². The maximum absolute atomic E-state index is 12.4. The molecule has 4 rings (SSSR count). The number of ether oxygens (including phenoxy) is 2. The van der Waals surface area contributed by atoms with E-state index in [1.807, 2.05) is 38.1 Å². The SMILES string of the molecule is Cc1ccc(-n2nc(C)cc2NC(=O)COC(=O)CN2C(=O)COc3ccccc32)cc1. The number of rotatable bonds is 6. The van der Waals surface area contributed by atoms with Crippen LogP contribution in [0.4, 0.5) is 11.5 Å². The molecule has 0 atom stereocenters. The van der Waals surface area contributed by atoms with Gasteiger partial charge in [-0.3, -0.25) is 19.3 Å². The maximum Gasteiger partial charge on any atom is 0.326 e. The average molecular weight is 434 g/mol. The van der Waals surface area contributed by atoms with Gasteiger partial charge in [-0.2, -0.15) is 5.10 Å². The first-order valence-corrected chi connectivity index (χ1v) is 10.0. The van der Waals surface area contributed by atoms with E-state index in [1.165, 1.54) is 4.90 Å². The van der Waals surface area contributed by atoms with Gasteiger partial charge in [-0.15, -0.1) is 0 Å². The first kappa shape index (κ1) is 21.1. The Kier molecular flexibility index (Phi) is 5.89. The summed E-state index contributed by atoms with van der Waals surface area (Å²) in [6, 6.07) is 16.3. The monoisotopic (exact) mass is 434 g/mol. The van der Waals surface area contributed by atoms with E-state index in [0.29, 0.717) is 17.3 Å². The van der Waals surface area contributed by atoms with Gasteiger partial charge in [0.05, 0.1) is 17.1 Å². The summed E-state index contributed by atoms with van der Waals surface area (Å²) >= 11 is 0. The number of carbonyl (C=O) groups is 3. The zero-order valence-corrected chi connectivity index (χ0v) is 17.7. The van der Waals surface area contributed by atoms with Crippen LogP contribution in [0.5, 0.6) is 5.75 Å². The van der Waals surface area contributed by atoms with Crippen LogP contribution in [0, 0.1) is 13.8 Å². The molecule has 1 aromatic heterocycles. The number of nitrogens with zero attached hydrogens (tertiary/aromatic N) is 3. The van der Waals surface area contributed by atoms with E-state index in [9.17, 15) is 14.4 Å². The number of para-hydroxylation sites is 2. The second-order valence-corrected chi connectivity index (χ2v) is 7.36. The number of esters is 1. The molecule has 0 bridgehead atoms. The molecule has 0 aliphatic carbocycles. The molecule has 0 radical (unpaired) electrons. The summed E-state index contributed by atoms with van der Waals surface area (Å²) in [5, 5.41) is 7.12. The van der Waals surface area contributed by atoms with Gasteiger partial charge in [-0.25, -0.2) is 4.68 Å². The van der Waals surface area contributed by atoms with Crippen molar-refractivity contribution in [1.82, 2.24) is 9.78 Å². The number of benzene rings is 2. The molecule has 0 fully saturated rings. The topological polar surface area (TPSA) is 103 Å². The van der Waals surface area contributed by atoms with Crippen LogP contribution >= 0.6 is 0 Å². The Hall–Kier alpha value is -4.14. The number of hydrogen-bond donors (Lipinski definition) is 1. The van der Waals surface area contributed by atoms with Gasteiger partial charge in [-0.1, -0.05) is 29.8 Å². The summed E-state index contributed by atoms with van der Waals surface area (Å²) in [6.45, 7) is 2.84. The molecule has 32 heavy (non-hydrogen) atoms. The van der Waals surface area contributed by atoms with Crippen molar-refractivity contribution in [2.75, 3.05) is 30.0 Å². The molecule has 3 aromatic rings. The van der Waals surface area contributed by atoms with Gasteiger partial charge in [0.1, 0.15) is 18.1 Å². The van der Waals surface area contributed by atoms with Crippen LogP contribution in [0.15, 0.2) is 54.6 Å². The second-order valence-electron chi connectivity index (χ2n) is 7.36. The summed E-state index contributed by atoms with van der Waals surface area (Å²) in [5.41, 5.74) is 3.11. The van der Waals surface area contributed by atoms with Crippen LogP contribution in [0.25, 0.3) is 5.69 Å². The lowest BCUT2D eigenvalue weighted by atomic mass is 10.2. The van der Waals surface area contributed by atoms with E-state index in [-0.39, 0.29) is 19.1 Å². The average Bonchev–Trinajstić information content (AvgIpc) is 3.14. The minimum absolute atomic E-state index is 0.160. The molecule has 0 spiro atoms.